The molecule has 1 aliphatic heterocycles. The number of ether oxygens (including phenoxy) is 2. The van der Waals surface area contributed by atoms with E-state index in [2.05, 4.69) is 5.32 Å². The summed E-state index contributed by atoms with van der Waals surface area (Å²) in [5, 5.41) is 2.74. The second kappa shape index (κ2) is 8.04. The van der Waals surface area contributed by atoms with Gasteiger partial charge in [0.25, 0.3) is 0 Å². The highest BCUT2D eigenvalue weighted by Crippen LogP contribution is 2.21. The fraction of sp³-hybridized carbons (Fsp3) is 0.556. The van der Waals surface area contributed by atoms with E-state index in [1.54, 1.807) is 4.90 Å². The van der Waals surface area contributed by atoms with E-state index in [1.807, 2.05) is 51.1 Å². The maximum Gasteiger partial charge on any atom is 0.410 e. The normalized spacial score (nSPS) is 14.7. The van der Waals surface area contributed by atoms with Crippen molar-refractivity contribution in [3.63, 3.8) is 0 Å². The largest absolute Gasteiger partial charge is 0.445 e. The number of benzene rings is 1. The molecule has 2 rings (SSSR count). The summed E-state index contributed by atoms with van der Waals surface area (Å²) in [7, 11) is 0. The van der Waals surface area contributed by atoms with Gasteiger partial charge in [-0.05, 0) is 38.7 Å². The van der Waals surface area contributed by atoms with Crippen molar-refractivity contribution in [1.29, 1.82) is 0 Å². The van der Waals surface area contributed by atoms with E-state index in [4.69, 9.17) is 9.47 Å². The SMILES string of the molecule is CC(C)(C)OC(=O)N1CC(CCNC(=O)OCc2ccccc2)C1. The van der Waals surface area contributed by atoms with Crippen LogP contribution in [-0.2, 0) is 16.1 Å². The lowest BCUT2D eigenvalue weighted by Crippen LogP contribution is -2.52. The highest BCUT2D eigenvalue weighted by atomic mass is 16.6. The molecular weight excluding hydrogens is 308 g/mol. The van der Waals surface area contributed by atoms with Gasteiger partial charge in [0.05, 0.1) is 0 Å². The van der Waals surface area contributed by atoms with Crippen molar-refractivity contribution in [3.8, 4) is 0 Å². The van der Waals surface area contributed by atoms with Gasteiger partial charge in [0.1, 0.15) is 12.2 Å². The first-order valence-electron chi connectivity index (χ1n) is 8.26. The summed E-state index contributed by atoms with van der Waals surface area (Å²) in [5.74, 6) is 0.395. The van der Waals surface area contributed by atoms with Crippen LogP contribution in [0.3, 0.4) is 0 Å². The van der Waals surface area contributed by atoms with Gasteiger partial charge < -0.3 is 19.7 Å². The number of carbonyl (C=O) groups excluding carboxylic acids is 2. The number of alkyl carbamates (subject to hydrolysis) is 1. The van der Waals surface area contributed by atoms with Crippen LogP contribution >= 0.6 is 0 Å². The van der Waals surface area contributed by atoms with Crippen LogP contribution in [0.2, 0.25) is 0 Å². The third kappa shape index (κ3) is 6.10. The lowest BCUT2D eigenvalue weighted by Gasteiger charge is -2.39. The smallest absolute Gasteiger partial charge is 0.410 e. The molecule has 0 spiro atoms. The topological polar surface area (TPSA) is 67.9 Å². The van der Waals surface area contributed by atoms with Gasteiger partial charge in [-0.2, -0.15) is 0 Å². The van der Waals surface area contributed by atoms with Crippen molar-refractivity contribution in [2.45, 2.75) is 39.4 Å². The zero-order valence-corrected chi connectivity index (χ0v) is 14.6. The summed E-state index contributed by atoms with van der Waals surface area (Å²) in [6.07, 6.45) is 0.135. The van der Waals surface area contributed by atoms with E-state index in [9.17, 15) is 9.59 Å². The molecular formula is C18H26N2O4. The predicted molar refractivity (Wildman–Crippen MR) is 90.5 cm³/mol. The summed E-state index contributed by atoms with van der Waals surface area (Å²) in [6.45, 7) is 7.72. The standard InChI is InChI=1S/C18H26N2O4/c1-18(2,3)24-17(22)20-11-15(12-20)9-10-19-16(21)23-13-14-7-5-4-6-8-14/h4-8,15H,9-13H2,1-3H3,(H,19,21). The van der Waals surface area contributed by atoms with Gasteiger partial charge in [-0.3, -0.25) is 0 Å². The molecule has 1 saturated heterocycles. The first kappa shape index (κ1) is 18.1. The summed E-state index contributed by atoms with van der Waals surface area (Å²) in [5.41, 5.74) is 0.492. The molecule has 1 heterocycles. The molecule has 1 aromatic carbocycles. The van der Waals surface area contributed by atoms with Crippen LogP contribution in [0.4, 0.5) is 9.59 Å². The van der Waals surface area contributed by atoms with Gasteiger partial charge in [-0.1, -0.05) is 30.3 Å². The van der Waals surface area contributed by atoms with Crippen LogP contribution in [0.15, 0.2) is 30.3 Å². The molecule has 1 aliphatic rings. The van der Waals surface area contributed by atoms with Crippen molar-refractivity contribution in [2.24, 2.45) is 5.92 Å². The molecule has 0 saturated carbocycles. The second-order valence-electron chi connectivity index (χ2n) is 7.03. The minimum atomic E-state index is -0.466. The second-order valence-corrected chi connectivity index (χ2v) is 7.03. The zero-order chi connectivity index (χ0) is 17.6. The van der Waals surface area contributed by atoms with Gasteiger partial charge in [0.15, 0.2) is 0 Å². The van der Waals surface area contributed by atoms with E-state index in [0.29, 0.717) is 25.6 Å². The van der Waals surface area contributed by atoms with Crippen LogP contribution in [0.5, 0.6) is 0 Å². The highest BCUT2D eigenvalue weighted by molar-refractivity contribution is 5.69. The Balaban J connectivity index is 1.54. The number of nitrogens with one attached hydrogen (secondary N) is 1. The third-order valence-corrected chi connectivity index (χ3v) is 3.64. The van der Waals surface area contributed by atoms with Crippen molar-refractivity contribution < 1.29 is 19.1 Å². The zero-order valence-electron chi connectivity index (χ0n) is 14.6. The molecule has 2 amide bonds. The molecule has 1 fully saturated rings. The first-order chi connectivity index (χ1) is 11.3. The molecule has 24 heavy (non-hydrogen) atoms. The molecule has 1 N–H and O–H groups in total. The Morgan fingerprint density at radius 3 is 2.50 bits per heavy atom. The average molecular weight is 334 g/mol. The van der Waals surface area contributed by atoms with Crippen molar-refractivity contribution in [1.82, 2.24) is 10.2 Å². The number of carbonyl (C=O) groups is 2. The van der Waals surface area contributed by atoms with Crippen LogP contribution in [0, 0.1) is 5.92 Å². The number of likely N-dealkylation sites (tertiary alicyclic amines) is 1. The maximum atomic E-state index is 11.8. The van der Waals surface area contributed by atoms with Gasteiger partial charge >= 0.3 is 12.2 Å². The number of nitrogens with zero attached hydrogens (tertiary/aromatic N) is 1. The van der Waals surface area contributed by atoms with E-state index < -0.39 is 11.7 Å². The molecule has 0 atom stereocenters. The Bertz CT molecular complexity index is 548. The predicted octanol–water partition coefficient (Wildman–Crippen LogP) is 3.17. The van der Waals surface area contributed by atoms with E-state index in [-0.39, 0.29) is 12.7 Å². The molecule has 132 valence electrons. The quantitative estimate of drug-likeness (QED) is 0.898. The minimum absolute atomic E-state index is 0.266. The number of hydrogen-bond acceptors (Lipinski definition) is 4. The van der Waals surface area contributed by atoms with Crippen LogP contribution < -0.4 is 5.32 Å². The summed E-state index contributed by atoms with van der Waals surface area (Å²) in [4.78, 5) is 25.1. The summed E-state index contributed by atoms with van der Waals surface area (Å²) >= 11 is 0. The Hall–Kier alpha value is -2.24. The third-order valence-electron chi connectivity index (χ3n) is 3.64. The lowest BCUT2D eigenvalue weighted by molar-refractivity contribution is -0.00209. The molecule has 0 aliphatic carbocycles. The molecule has 0 radical (unpaired) electrons. The van der Waals surface area contributed by atoms with Crippen molar-refractivity contribution in [2.75, 3.05) is 19.6 Å². The molecule has 6 heteroatoms. The van der Waals surface area contributed by atoms with Crippen LogP contribution in [0.25, 0.3) is 0 Å². The monoisotopic (exact) mass is 334 g/mol. The molecule has 0 bridgehead atoms. The molecule has 0 aromatic heterocycles. The Morgan fingerprint density at radius 1 is 1.21 bits per heavy atom. The summed E-state index contributed by atoms with van der Waals surface area (Å²) in [6, 6.07) is 9.55. The molecule has 1 aromatic rings. The van der Waals surface area contributed by atoms with Gasteiger partial charge in [0, 0.05) is 19.6 Å². The summed E-state index contributed by atoms with van der Waals surface area (Å²) < 4.78 is 10.4. The number of rotatable bonds is 5. The molecule has 6 nitrogen and oxygen atoms in total. The Kier molecular flexibility index (Phi) is 6.06. The number of hydrogen-bond donors (Lipinski definition) is 1. The van der Waals surface area contributed by atoms with Crippen LogP contribution in [-0.4, -0.2) is 42.3 Å². The molecule has 0 unspecified atom stereocenters. The van der Waals surface area contributed by atoms with Crippen LogP contribution in [0.1, 0.15) is 32.8 Å². The van der Waals surface area contributed by atoms with Crippen molar-refractivity contribution in [3.05, 3.63) is 35.9 Å². The Morgan fingerprint density at radius 2 is 1.88 bits per heavy atom. The fourth-order valence-corrected chi connectivity index (χ4v) is 2.38. The maximum absolute atomic E-state index is 11.8. The van der Waals surface area contributed by atoms with E-state index in [1.165, 1.54) is 0 Å². The van der Waals surface area contributed by atoms with Gasteiger partial charge in [-0.15, -0.1) is 0 Å². The van der Waals surface area contributed by atoms with Gasteiger partial charge in [0.2, 0.25) is 0 Å². The Labute approximate surface area is 143 Å². The van der Waals surface area contributed by atoms with Crippen molar-refractivity contribution >= 4 is 12.2 Å². The fourth-order valence-electron chi connectivity index (χ4n) is 2.38. The van der Waals surface area contributed by atoms with Gasteiger partial charge in [-0.25, -0.2) is 9.59 Å². The van der Waals surface area contributed by atoms with E-state index >= 15 is 0 Å². The first-order valence-corrected chi connectivity index (χ1v) is 8.26. The van der Waals surface area contributed by atoms with E-state index in [0.717, 1.165) is 12.0 Å². The highest BCUT2D eigenvalue weighted by Gasteiger charge is 2.33. The number of amides is 2. The minimum Gasteiger partial charge on any atom is -0.445 e. The average Bonchev–Trinajstić information content (AvgIpc) is 2.46. The lowest BCUT2D eigenvalue weighted by atomic mass is 9.97.